The van der Waals surface area contributed by atoms with Gasteiger partial charge in [0.2, 0.25) is 0 Å². The van der Waals surface area contributed by atoms with Gasteiger partial charge in [-0.25, -0.2) is 0 Å². The van der Waals surface area contributed by atoms with Crippen LogP contribution in [0.1, 0.15) is 39.5 Å². The second kappa shape index (κ2) is 10.7. The minimum Gasteiger partial charge on any atom is -0.377 e. The summed E-state index contributed by atoms with van der Waals surface area (Å²) >= 11 is 0. The van der Waals surface area contributed by atoms with E-state index in [2.05, 4.69) is 25.7 Å². The van der Waals surface area contributed by atoms with Crippen molar-refractivity contribution in [2.45, 2.75) is 45.6 Å². The van der Waals surface area contributed by atoms with Gasteiger partial charge in [0, 0.05) is 6.54 Å². The van der Waals surface area contributed by atoms with E-state index in [4.69, 9.17) is 4.74 Å². The van der Waals surface area contributed by atoms with Gasteiger partial charge < -0.3 is 10.1 Å². The third-order valence-corrected chi connectivity index (χ3v) is 2.08. The van der Waals surface area contributed by atoms with Gasteiger partial charge in [-0.3, -0.25) is 0 Å². The molecule has 0 spiro atoms. The van der Waals surface area contributed by atoms with Crippen LogP contribution in [0.15, 0.2) is 12.7 Å². The Hall–Kier alpha value is -0.340. The summed E-state index contributed by atoms with van der Waals surface area (Å²) in [6.07, 6.45) is 6.76. The Morgan fingerprint density at radius 2 is 2.14 bits per heavy atom. The molecule has 0 aliphatic heterocycles. The van der Waals surface area contributed by atoms with Crippen LogP contribution in [0.4, 0.5) is 0 Å². The summed E-state index contributed by atoms with van der Waals surface area (Å²) in [6, 6.07) is 0. The molecule has 0 radical (unpaired) electrons. The van der Waals surface area contributed by atoms with E-state index in [-0.39, 0.29) is 0 Å². The van der Waals surface area contributed by atoms with Crippen molar-refractivity contribution in [2.24, 2.45) is 0 Å². The highest BCUT2D eigenvalue weighted by Gasteiger charge is 2.06. The standard InChI is InChI=1S/C12H25NO/c1-4-7-10-14-12(8-5-2)11-13-9-6-3/h4,12-13H,1,5-11H2,2-3H3. The van der Waals surface area contributed by atoms with Gasteiger partial charge in [0.25, 0.3) is 0 Å². The van der Waals surface area contributed by atoms with Crippen molar-refractivity contribution in [1.29, 1.82) is 0 Å². The zero-order valence-electron chi connectivity index (χ0n) is 9.72. The summed E-state index contributed by atoms with van der Waals surface area (Å²) in [5, 5.41) is 3.40. The SMILES string of the molecule is C=CCCOC(CCC)CNCCC. The smallest absolute Gasteiger partial charge is 0.0699 e. The molecule has 14 heavy (non-hydrogen) atoms. The first-order valence-electron chi connectivity index (χ1n) is 5.78. The van der Waals surface area contributed by atoms with E-state index < -0.39 is 0 Å². The molecule has 0 saturated heterocycles. The Morgan fingerprint density at radius 3 is 2.71 bits per heavy atom. The molecule has 0 aliphatic carbocycles. The molecule has 0 amide bonds. The average molecular weight is 199 g/mol. The molecular weight excluding hydrogens is 174 g/mol. The van der Waals surface area contributed by atoms with Gasteiger partial charge in [0.1, 0.15) is 0 Å². The van der Waals surface area contributed by atoms with Crippen LogP contribution in [0.5, 0.6) is 0 Å². The molecule has 1 N–H and O–H groups in total. The normalized spacial score (nSPS) is 12.7. The fraction of sp³-hybridized carbons (Fsp3) is 0.833. The maximum atomic E-state index is 5.74. The molecule has 0 aromatic rings. The molecule has 1 atom stereocenters. The van der Waals surface area contributed by atoms with E-state index in [9.17, 15) is 0 Å². The van der Waals surface area contributed by atoms with E-state index in [0.29, 0.717) is 6.10 Å². The zero-order chi connectivity index (χ0) is 10.6. The van der Waals surface area contributed by atoms with Gasteiger partial charge in [0.15, 0.2) is 0 Å². The molecule has 0 rings (SSSR count). The van der Waals surface area contributed by atoms with Gasteiger partial charge in [0.05, 0.1) is 12.7 Å². The lowest BCUT2D eigenvalue weighted by molar-refractivity contribution is 0.0503. The highest BCUT2D eigenvalue weighted by Crippen LogP contribution is 2.02. The number of rotatable bonds is 10. The molecule has 1 unspecified atom stereocenters. The van der Waals surface area contributed by atoms with E-state index in [1.54, 1.807) is 0 Å². The van der Waals surface area contributed by atoms with Crippen LogP contribution in [0, 0.1) is 0 Å². The van der Waals surface area contributed by atoms with Gasteiger partial charge in [-0.1, -0.05) is 26.3 Å². The number of hydrogen-bond donors (Lipinski definition) is 1. The third-order valence-electron chi connectivity index (χ3n) is 2.08. The van der Waals surface area contributed by atoms with Gasteiger partial charge in [-0.05, 0) is 25.8 Å². The van der Waals surface area contributed by atoms with Crippen LogP contribution < -0.4 is 5.32 Å². The molecule has 0 aromatic carbocycles. The van der Waals surface area contributed by atoms with Crippen molar-refractivity contribution in [3.05, 3.63) is 12.7 Å². The van der Waals surface area contributed by atoms with Crippen LogP contribution in [0.25, 0.3) is 0 Å². The van der Waals surface area contributed by atoms with E-state index >= 15 is 0 Å². The summed E-state index contributed by atoms with van der Waals surface area (Å²) in [5.74, 6) is 0. The molecule has 0 heterocycles. The van der Waals surface area contributed by atoms with Crippen molar-refractivity contribution < 1.29 is 4.74 Å². The predicted molar refractivity (Wildman–Crippen MR) is 62.6 cm³/mol. The summed E-state index contributed by atoms with van der Waals surface area (Å²) in [7, 11) is 0. The molecule has 0 aliphatic rings. The first-order valence-corrected chi connectivity index (χ1v) is 5.78. The maximum Gasteiger partial charge on any atom is 0.0699 e. The lowest BCUT2D eigenvalue weighted by Crippen LogP contribution is -2.29. The average Bonchev–Trinajstić information content (AvgIpc) is 2.18. The van der Waals surface area contributed by atoms with Crippen LogP contribution in [-0.4, -0.2) is 25.8 Å². The number of hydrogen-bond acceptors (Lipinski definition) is 2. The molecule has 2 nitrogen and oxygen atoms in total. The first kappa shape index (κ1) is 13.7. The fourth-order valence-corrected chi connectivity index (χ4v) is 1.32. The highest BCUT2D eigenvalue weighted by atomic mass is 16.5. The predicted octanol–water partition coefficient (Wildman–Crippen LogP) is 2.75. The van der Waals surface area contributed by atoms with Crippen LogP contribution in [0.3, 0.4) is 0 Å². The van der Waals surface area contributed by atoms with E-state index in [0.717, 1.165) is 32.5 Å². The lowest BCUT2D eigenvalue weighted by Gasteiger charge is -2.17. The lowest BCUT2D eigenvalue weighted by atomic mass is 10.2. The first-order chi connectivity index (χ1) is 6.85. The third kappa shape index (κ3) is 8.27. The molecular formula is C12H25NO. The zero-order valence-corrected chi connectivity index (χ0v) is 9.72. The molecule has 0 fully saturated rings. The maximum absolute atomic E-state index is 5.74. The monoisotopic (exact) mass is 199 g/mol. The summed E-state index contributed by atoms with van der Waals surface area (Å²) in [5.41, 5.74) is 0. The number of ether oxygens (including phenoxy) is 1. The van der Waals surface area contributed by atoms with Crippen molar-refractivity contribution >= 4 is 0 Å². The van der Waals surface area contributed by atoms with Crippen molar-refractivity contribution in [3.63, 3.8) is 0 Å². The Labute approximate surface area is 88.7 Å². The largest absolute Gasteiger partial charge is 0.377 e. The van der Waals surface area contributed by atoms with E-state index in [1.807, 2.05) is 6.08 Å². The van der Waals surface area contributed by atoms with Gasteiger partial charge in [-0.2, -0.15) is 0 Å². The highest BCUT2D eigenvalue weighted by molar-refractivity contribution is 4.67. The summed E-state index contributed by atoms with van der Waals surface area (Å²) in [6.45, 7) is 10.9. The molecule has 84 valence electrons. The van der Waals surface area contributed by atoms with Crippen molar-refractivity contribution in [2.75, 3.05) is 19.7 Å². The second-order valence-electron chi connectivity index (χ2n) is 3.56. The molecule has 0 bridgehead atoms. The minimum absolute atomic E-state index is 0.381. The van der Waals surface area contributed by atoms with Gasteiger partial charge in [-0.15, -0.1) is 6.58 Å². The topological polar surface area (TPSA) is 21.3 Å². The van der Waals surface area contributed by atoms with Crippen LogP contribution >= 0.6 is 0 Å². The summed E-state index contributed by atoms with van der Waals surface area (Å²) < 4.78 is 5.74. The molecule has 0 saturated carbocycles. The Morgan fingerprint density at radius 1 is 1.36 bits per heavy atom. The fourth-order valence-electron chi connectivity index (χ4n) is 1.32. The van der Waals surface area contributed by atoms with Crippen LogP contribution in [0.2, 0.25) is 0 Å². The van der Waals surface area contributed by atoms with E-state index in [1.165, 1.54) is 12.8 Å². The van der Waals surface area contributed by atoms with Crippen molar-refractivity contribution in [1.82, 2.24) is 5.32 Å². The quantitative estimate of drug-likeness (QED) is 0.431. The minimum atomic E-state index is 0.381. The van der Waals surface area contributed by atoms with Gasteiger partial charge >= 0.3 is 0 Å². The molecule has 2 heteroatoms. The Balaban J connectivity index is 3.48. The molecule has 0 aromatic heterocycles. The van der Waals surface area contributed by atoms with Crippen LogP contribution in [-0.2, 0) is 4.74 Å². The van der Waals surface area contributed by atoms with Crippen molar-refractivity contribution in [3.8, 4) is 0 Å². The second-order valence-corrected chi connectivity index (χ2v) is 3.56. The number of nitrogens with one attached hydrogen (secondary N) is 1. The summed E-state index contributed by atoms with van der Waals surface area (Å²) in [4.78, 5) is 0. The Kier molecular flexibility index (Phi) is 10.5. The Bertz CT molecular complexity index is 125.